The van der Waals surface area contributed by atoms with Crippen LogP contribution in [0.1, 0.15) is 53.9 Å². The molecule has 2 unspecified atom stereocenters. The maximum absolute atomic E-state index is 5.81. The molecular formula is C22H45N3O. The second-order valence-electron chi connectivity index (χ2n) is 10.0. The summed E-state index contributed by atoms with van der Waals surface area (Å²) in [6, 6.07) is 0. The topological polar surface area (TPSA) is 19.0 Å². The Morgan fingerprint density at radius 3 is 2.50 bits per heavy atom. The van der Waals surface area contributed by atoms with E-state index in [9.17, 15) is 0 Å². The van der Waals surface area contributed by atoms with Gasteiger partial charge in [0.15, 0.2) is 0 Å². The highest BCUT2D eigenvalue weighted by molar-refractivity contribution is 4.95. The summed E-state index contributed by atoms with van der Waals surface area (Å²) in [6.07, 6.45) is 4.09. The van der Waals surface area contributed by atoms with Gasteiger partial charge in [-0.2, -0.15) is 0 Å². The van der Waals surface area contributed by atoms with Crippen LogP contribution in [0, 0.1) is 17.8 Å². The van der Waals surface area contributed by atoms with Crippen LogP contribution in [0.4, 0.5) is 0 Å². The van der Waals surface area contributed by atoms with Gasteiger partial charge in [-0.1, -0.05) is 27.7 Å². The maximum Gasteiger partial charge on any atom is 0.0593 e. The first kappa shape index (κ1) is 22.1. The van der Waals surface area contributed by atoms with E-state index in [1.807, 2.05) is 0 Å². The van der Waals surface area contributed by atoms with E-state index in [0.29, 0.717) is 11.5 Å². The second kappa shape index (κ2) is 10.4. The molecule has 2 rings (SSSR count). The normalized spacial score (nSPS) is 29.8. The van der Waals surface area contributed by atoms with Crippen molar-refractivity contribution in [2.24, 2.45) is 17.8 Å². The average Bonchev–Trinajstić information content (AvgIpc) is 2.55. The highest BCUT2D eigenvalue weighted by Crippen LogP contribution is 2.31. The molecule has 4 nitrogen and oxygen atoms in total. The number of piperidine rings is 1. The van der Waals surface area contributed by atoms with E-state index in [2.05, 4.69) is 56.4 Å². The molecule has 0 N–H and O–H groups in total. The van der Waals surface area contributed by atoms with Crippen molar-refractivity contribution in [1.29, 1.82) is 0 Å². The van der Waals surface area contributed by atoms with Crippen molar-refractivity contribution < 1.29 is 4.74 Å². The standard InChI is InChI=1S/C22H45N3O/c1-19(2)15-25-11-10-23(6)22(5,18-25)14-21-8-7-9-24(16-21)12-13-26-17-20(3)4/h19-21H,7-18H2,1-6H3. The highest BCUT2D eigenvalue weighted by atomic mass is 16.5. The Morgan fingerprint density at radius 1 is 1.04 bits per heavy atom. The lowest BCUT2D eigenvalue weighted by molar-refractivity contribution is -0.00422. The van der Waals surface area contributed by atoms with Gasteiger partial charge in [0.2, 0.25) is 0 Å². The molecule has 4 heteroatoms. The molecule has 0 radical (unpaired) electrons. The Balaban J connectivity index is 1.81. The molecule has 2 aliphatic rings. The molecule has 0 aromatic carbocycles. The molecule has 0 aromatic heterocycles. The van der Waals surface area contributed by atoms with Crippen molar-refractivity contribution in [2.75, 3.05) is 66.1 Å². The van der Waals surface area contributed by atoms with Gasteiger partial charge in [0.25, 0.3) is 0 Å². The van der Waals surface area contributed by atoms with E-state index in [4.69, 9.17) is 4.74 Å². The summed E-state index contributed by atoms with van der Waals surface area (Å²) < 4.78 is 5.81. The van der Waals surface area contributed by atoms with Gasteiger partial charge in [-0.15, -0.1) is 0 Å². The SMILES string of the molecule is CC(C)COCCN1CCCC(CC2(C)CN(CC(C)C)CCN2C)C1. The molecule has 0 bridgehead atoms. The fraction of sp³-hybridized carbons (Fsp3) is 1.00. The quantitative estimate of drug-likeness (QED) is 0.581. The molecule has 0 spiro atoms. The maximum atomic E-state index is 5.81. The van der Waals surface area contributed by atoms with E-state index >= 15 is 0 Å². The predicted molar refractivity (Wildman–Crippen MR) is 112 cm³/mol. The lowest BCUT2D eigenvalue weighted by atomic mass is 9.82. The van der Waals surface area contributed by atoms with Crippen molar-refractivity contribution >= 4 is 0 Å². The number of nitrogens with zero attached hydrogens (tertiary/aromatic N) is 3. The molecule has 2 aliphatic heterocycles. The summed E-state index contributed by atoms with van der Waals surface area (Å²) in [5, 5.41) is 0. The highest BCUT2D eigenvalue weighted by Gasteiger charge is 2.38. The first-order valence-electron chi connectivity index (χ1n) is 11.0. The summed E-state index contributed by atoms with van der Waals surface area (Å²) in [4.78, 5) is 7.98. The summed E-state index contributed by atoms with van der Waals surface area (Å²) in [5.74, 6) is 2.23. The molecule has 0 aliphatic carbocycles. The minimum Gasteiger partial charge on any atom is -0.380 e. The third kappa shape index (κ3) is 7.10. The van der Waals surface area contributed by atoms with Crippen molar-refractivity contribution in [3.05, 3.63) is 0 Å². The van der Waals surface area contributed by atoms with Crippen LogP contribution in [-0.2, 0) is 4.74 Å². The Labute approximate surface area is 163 Å². The van der Waals surface area contributed by atoms with E-state index in [1.54, 1.807) is 0 Å². The molecule has 2 fully saturated rings. The number of likely N-dealkylation sites (N-methyl/N-ethyl adjacent to an activating group) is 1. The fourth-order valence-electron chi connectivity index (χ4n) is 4.79. The van der Waals surface area contributed by atoms with Crippen LogP contribution in [0.25, 0.3) is 0 Å². The average molecular weight is 368 g/mol. The lowest BCUT2D eigenvalue weighted by Gasteiger charge is -2.50. The Hall–Kier alpha value is -0.160. The number of piperazine rings is 1. The van der Waals surface area contributed by atoms with Crippen molar-refractivity contribution in [2.45, 2.75) is 59.4 Å². The summed E-state index contributed by atoms with van der Waals surface area (Å²) in [6.45, 7) is 22.0. The monoisotopic (exact) mass is 367 g/mol. The third-order valence-corrected chi connectivity index (χ3v) is 6.20. The first-order chi connectivity index (χ1) is 12.3. The molecule has 0 amide bonds. The Bertz CT molecular complexity index is 401. The predicted octanol–water partition coefficient (Wildman–Crippen LogP) is 3.42. The molecule has 26 heavy (non-hydrogen) atoms. The van der Waals surface area contributed by atoms with Crippen LogP contribution in [0.15, 0.2) is 0 Å². The minimum absolute atomic E-state index is 0.328. The van der Waals surface area contributed by atoms with Crippen molar-refractivity contribution in [3.63, 3.8) is 0 Å². The van der Waals surface area contributed by atoms with Gasteiger partial charge < -0.3 is 9.64 Å². The Kier molecular flexibility index (Phi) is 8.85. The van der Waals surface area contributed by atoms with E-state index in [0.717, 1.165) is 31.6 Å². The number of hydrogen-bond donors (Lipinski definition) is 0. The number of likely N-dealkylation sites (tertiary alicyclic amines) is 1. The molecule has 0 saturated carbocycles. The number of hydrogen-bond acceptors (Lipinski definition) is 4. The van der Waals surface area contributed by atoms with Gasteiger partial charge in [-0.25, -0.2) is 0 Å². The molecule has 2 saturated heterocycles. The fourth-order valence-corrected chi connectivity index (χ4v) is 4.79. The first-order valence-corrected chi connectivity index (χ1v) is 11.0. The summed E-state index contributed by atoms with van der Waals surface area (Å²) in [7, 11) is 2.34. The van der Waals surface area contributed by atoms with E-state index < -0.39 is 0 Å². The Morgan fingerprint density at radius 2 is 1.81 bits per heavy atom. The smallest absolute Gasteiger partial charge is 0.0593 e. The second-order valence-corrected chi connectivity index (χ2v) is 10.0. The number of rotatable bonds is 9. The van der Waals surface area contributed by atoms with Gasteiger partial charge in [-0.05, 0) is 57.5 Å². The zero-order chi connectivity index (χ0) is 19.2. The molecule has 2 atom stereocenters. The van der Waals surface area contributed by atoms with Gasteiger partial charge in [-0.3, -0.25) is 9.80 Å². The van der Waals surface area contributed by atoms with Crippen molar-refractivity contribution in [1.82, 2.24) is 14.7 Å². The van der Waals surface area contributed by atoms with Crippen LogP contribution in [0.5, 0.6) is 0 Å². The van der Waals surface area contributed by atoms with Crippen LogP contribution < -0.4 is 0 Å². The van der Waals surface area contributed by atoms with E-state index in [1.165, 1.54) is 58.5 Å². The van der Waals surface area contributed by atoms with Gasteiger partial charge in [0.1, 0.15) is 0 Å². The molecule has 2 heterocycles. The summed E-state index contributed by atoms with van der Waals surface area (Å²) in [5.41, 5.74) is 0.328. The molecule has 0 aromatic rings. The zero-order valence-corrected chi connectivity index (χ0v) is 18.5. The van der Waals surface area contributed by atoms with Crippen LogP contribution >= 0.6 is 0 Å². The van der Waals surface area contributed by atoms with Crippen molar-refractivity contribution in [3.8, 4) is 0 Å². The van der Waals surface area contributed by atoms with Crippen LogP contribution in [-0.4, -0.2) is 86.3 Å². The molecular weight excluding hydrogens is 322 g/mol. The largest absolute Gasteiger partial charge is 0.380 e. The van der Waals surface area contributed by atoms with Gasteiger partial charge in [0, 0.05) is 51.4 Å². The zero-order valence-electron chi connectivity index (χ0n) is 18.5. The number of ether oxygens (including phenoxy) is 1. The van der Waals surface area contributed by atoms with Crippen LogP contribution in [0.3, 0.4) is 0 Å². The van der Waals surface area contributed by atoms with Crippen LogP contribution in [0.2, 0.25) is 0 Å². The summed E-state index contributed by atoms with van der Waals surface area (Å²) >= 11 is 0. The minimum atomic E-state index is 0.328. The molecule has 154 valence electrons. The van der Waals surface area contributed by atoms with Gasteiger partial charge >= 0.3 is 0 Å². The van der Waals surface area contributed by atoms with E-state index in [-0.39, 0.29) is 0 Å². The lowest BCUT2D eigenvalue weighted by Crippen LogP contribution is -2.60. The third-order valence-electron chi connectivity index (χ3n) is 6.20. The van der Waals surface area contributed by atoms with Gasteiger partial charge in [0.05, 0.1) is 6.61 Å².